The lowest BCUT2D eigenvalue weighted by molar-refractivity contribution is -0.142. The molecule has 0 spiro atoms. The van der Waals surface area contributed by atoms with E-state index in [2.05, 4.69) is 0 Å². The summed E-state index contributed by atoms with van der Waals surface area (Å²) in [5.41, 5.74) is 0. The highest BCUT2D eigenvalue weighted by atomic mass is 16.5. The van der Waals surface area contributed by atoms with Gasteiger partial charge in [-0.3, -0.25) is 4.79 Å². The number of hydrogen-bond donors (Lipinski definition) is 0. The molecule has 0 saturated carbocycles. The van der Waals surface area contributed by atoms with Crippen LogP contribution in [0.3, 0.4) is 0 Å². The molecule has 3 rings (SSSR count). The molecule has 1 unspecified atom stereocenters. The first-order valence-electron chi connectivity index (χ1n) is 7.45. The maximum absolute atomic E-state index is 12.2. The topological polar surface area (TPSA) is 38.8 Å². The number of nitrogens with zero attached hydrogens (tertiary/aromatic N) is 1. The van der Waals surface area contributed by atoms with Gasteiger partial charge >= 0.3 is 0 Å². The molecule has 0 radical (unpaired) electrons. The third kappa shape index (κ3) is 3.12. The van der Waals surface area contributed by atoms with Gasteiger partial charge < -0.3 is 14.4 Å². The molecule has 0 bridgehead atoms. The van der Waals surface area contributed by atoms with Crippen LogP contribution in [-0.2, 0) is 9.53 Å². The van der Waals surface area contributed by atoms with E-state index in [0.717, 1.165) is 51.1 Å². The van der Waals surface area contributed by atoms with Gasteiger partial charge in [0.1, 0.15) is 18.0 Å². The molecule has 0 aromatic heterocycles. The van der Waals surface area contributed by atoms with Crippen molar-refractivity contribution >= 4 is 5.91 Å². The molecule has 20 heavy (non-hydrogen) atoms. The first-order valence-corrected chi connectivity index (χ1v) is 7.45. The van der Waals surface area contributed by atoms with Crippen molar-refractivity contribution in [3.8, 4) is 5.75 Å². The molecule has 0 aliphatic carbocycles. The predicted octanol–water partition coefficient (Wildman–Crippen LogP) is 2.24. The fraction of sp³-hybridized carbons (Fsp3) is 0.562. The molecule has 0 N–H and O–H groups in total. The number of ether oxygens (including phenoxy) is 2. The second kappa shape index (κ2) is 6.27. The van der Waals surface area contributed by atoms with Crippen molar-refractivity contribution in [3.63, 3.8) is 0 Å². The van der Waals surface area contributed by atoms with Crippen LogP contribution in [0.25, 0.3) is 0 Å². The number of carbonyl (C=O) groups is 1. The van der Waals surface area contributed by atoms with Crippen LogP contribution < -0.4 is 4.74 Å². The summed E-state index contributed by atoms with van der Waals surface area (Å²) in [6, 6.07) is 9.89. The van der Waals surface area contributed by atoms with Gasteiger partial charge in [0.05, 0.1) is 0 Å². The zero-order valence-electron chi connectivity index (χ0n) is 11.7. The molecule has 2 heterocycles. The zero-order valence-corrected chi connectivity index (χ0v) is 11.7. The molecule has 2 aliphatic heterocycles. The van der Waals surface area contributed by atoms with E-state index in [0.29, 0.717) is 0 Å². The summed E-state index contributed by atoms with van der Waals surface area (Å²) in [5.74, 6) is 1.08. The Morgan fingerprint density at radius 1 is 1.15 bits per heavy atom. The van der Waals surface area contributed by atoms with Crippen LogP contribution in [0.1, 0.15) is 25.7 Å². The SMILES string of the molecule is O=C(C1CCCO1)N1CCC(Oc2ccccc2)CC1. The Balaban J connectivity index is 1.48. The highest BCUT2D eigenvalue weighted by Crippen LogP contribution is 2.21. The summed E-state index contributed by atoms with van der Waals surface area (Å²) in [6.45, 7) is 2.27. The second-order valence-corrected chi connectivity index (χ2v) is 5.46. The van der Waals surface area contributed by atoms with Gasteiger partial charge in [-0.2, -0.15) is 0 Å². The van der Waals surface area contributed by atoms with Gasteiger partial charge in [0.2, 0.25) is 0 Å². The van der Waals surface area contributed by atoms with E-state index in [9.17, 15) is 4.79 Å². The Hall–Kier alpha value is -1.55. The molecule has 2 fully saturated rings. The third-order valence-electron chi connectivity index (χ3n) is 4.00. The minimum Gasteiger partial charge on any atom is -0.490 e. The van der Waals surface area contributed by atoms with Crippen LogP contribution in [-0.4, -0.2) is 42.7 Å². The smallest absolute Gasteiger partial charge is 0.251 e. The monoisotopic (exact) mass is 275 g/mol. The Labute approximate surface area is 119 Å². The van der Waals surface area contributed by atoms with E-state index in [1.807, 2.05) is 35.2 Å². The van der Waals surface area contributed by atoms with Crippen molar-refractivity contribution < 1.29 is 14.3 Å². The second-order valence-electron chi connectivity index (χ2n) is 5.46. The Morgan fingerprint density at radius 2 is 1.90 bits per heavy atom. The number of hydrogen-bond acceptors (Lipinski definition) is 3. The van der Waals surface area contributed by atoms with Gasteiger partial charge in [-0.05, 0) is 25.0 Å². The lowest BCUT2D eigenvalue weighted by atomic mass is 10.1. The number of para-hydroxylation sites is 1. The van der Waals surface area contributed by atoms with Crippen molar-refractivity contribution in [1.82, 2.24) is 4.90 Å². The van der Waals surface area contributed by atoms with Gasteiger partial charge in [0.25, 0.3) is 5.91 Å². The Kier molecular flexibility index (Phi) is 4.21. The Morgan fingerprint density at radius 3 is 2.55 bits per heavy atom. The first-order chi connectivity index (χ1) is 9.83. The largest absolute Gasteiger partial charge is 0.490 e. The minimum atomic E-state index is -0.193. The highest BCUT2D eigenvalue weighted by molar-refractivity contribution is 5.81. The van der Waals surface area contributed by atoms with Crippen LogP contribution in [0.2, 0.25) is 0 Å². The Bertz CT molecular complexity index is 434. The van der Waals surface area contributed by atoms with E-state index in [4.69, 9.17) is 9.47 Å². The summed E-state index contributed by atoms with van der Waals surface area (Å²) < 4.78 is 11.4. The normalized spacial score (nSPS) is 23.8. The molecule has 1 aromatic rings. The fourth-order valence-electron chi connectivity index (χ4n) is 2.86. The molecule has 4 heteroatoms. The molecule has 1 atom stereocenters. The fourth-order valence-corrected chi connectivity index (χ4v) is 2.86. The molecule has 2 aliphatic rings. The van der Waals surface area contributed by atoms with Gasteiger partial charge in [0.15, 0.2) is 0 Å². The number of amides is 1. The van der Waals surface area contributed by atoms with Gasteiger partial charge in [-0.15, -0.1) is 0 Å². The summed E-state index contributed by atoms with van der Waals surface area (Å²) in [5, 5.41) is 0. The van der Waals surface area contributed by atoms with Crippen LogP contribution in [0.5, 0.6) is 5.75 Å². The van der Waals surface area contributed by atoms with Crippen LogP contribution in [0, 0.1) is 0 Å². The maximum Gasteiger partial charge on any atom is 0.251 e. The quantitative estimate of drug-likeness (QED) is 0.849. The van der Waals surface area contributed by atoms with Crippen LogP contribution >= 0.6 is 0 Å². The van der Waals surface area contributed by atoms with E-state index in [-0.39, 0.29) is 18.1 Å². The third-order valence-corrected chi connectivity index (χ3v) is 4.00. The molecule has 1 amide bonds. The summed E-state index contributed by atoms with van der Waals surface area (Å²) in [7, 11) is 0. The number of rotatable bonds is 3. The van der Waals surface area contributed by atoms with E-state index >= 15 is 0 Å². The molecule has 1 aromatic carbocycles. The number of carbonyl (C=O) groups excluding carboxylic acids is 1. The van der Waals surface area contributed by atoms with E-state index < -0.39 is 0 Å². The van der Waals surface area contributed by atoms with Crippen molar-refractivity contribution in [3.05, 3.63) is 30.3 Å². The molecule has 108 valence electrons. The average Bonchev–Trinajstić information content (AvgIpc) is 3.03. The maximum atomic E-state index is 12.2. The molecule has 4 nitrogen and oxygen atoms in total. The van der Waals surface area contributed by atoms with Gasteiger partial charge in [-0.1, -0.05) is 18.2 Å². The lowest BCUT2D eigenvalue weighted by Gasteiger charge is -2.33. The van der Waals surface area contributed by atoms with E-state index in [1.54, 1.807) is 0 Å². The standard InChI is InChI=1S/C16H21NO3/c18-16(15-7-4-12-19-15)17-10-8-14(9-11-17)20-13-5-2-1-3-6-13/h1-3,5-6,14-15H,4,7-12H2. The van der Waals surface area contributed by atoms with Crippen LogP contribution in [0.4, 0.5) is 0 Å². The molecular formula is C16H21NO3. The van der Waals surface area contributed by atoms with Gasteiger partial charge in [-0.25, -0.2) is 0 Å². The summed E-state index contributed by atoms with van der Waals surface area (Å²) >= 11 is 0. The lowest BCUT2D eigenvalue weighted by Crippen LogP contribution is -2.45. The highest BCUT2D eigenvalue weighted by Gasteiger charge is 2.31. The van der Waals surface area contributed by atoms with E-state index in [1.165, 1.54) is 0 Å². The summed E-state index contributed by atoms with van der Waals surface area (Å²) in [6.07, 6.45) is 3.69. The van der Waals surface area contributed by atoms with Crippen molar-refractivity contribution in [2.75, 3.05) is 19.7 Å². The number of benzene rings is 1. The predicted molar refractivity (Wildman–Crippen MR) is 75.6 cm³/mol. The number of piperidine rings is 1. The summed E-state index contributed by atoms with van der Waals surface area (Å²) in [4.78, 5) is 14.2. The van der Waals surface area contributed by atoms with Crippen molar-refractivity contribution in [2.45, 2.75) is 37.9 Å². The minimum absolute atomic E-state index is 0.167. The number of likely N-dealkylation sites (tertiary alicyclic amines) is 1. The average molecular weight is 275 g/mol. The molecule has 2 saturated heterocycles. The zero-order chi connectivity index (χ0) is 13.8. The molecular weight excluding hydrogens is 254 g/mol. The van der Waals surface area contributed by atoms with Gasteiger partial charge in [0, 0.05) is 32.5 Å². The first kappa shape index (κ1) is 13.4. The van der Waals surface area contributed by atoms with Crippen LogP contribution in [0.15, 0.2) is 30.3 Å². The van der Waals surface area contributed by atoms with Crippen molar-refractivity contribution in [1.29, 1.82) is 0 Å². The van der Waals surface area contributed by atoms with Crippen molar-refractivity contribution in [2.24, 2.45) is 0 Å².